The highest BCUT2D eigenvalue weighted by atomic mass is 32.1. The molecule has 0 aliphatic carbocycles. The Hall–Kier alpha value is -5.58. The quantitative estimate of drug-likeness (QED) is 0.208. The van der Waals surface area contributed by atoms with Crippen molar-refractivity contribution in [3.63, 3.8) is 0 Å². The van der Waals surface area contributed by atoms with Crippen LogP contribution in [0, 0.1) is 0 Å². The topological polar surface area (TPSA) is 29.5 Å². The van der Waals surface area contributed by atoms with Crippen LogP contribution in [0.5, 0.6) is 0 Å². The van der Waals surface area contributed by atoms with Gasteiger partial charge in [-0.2, -0.15) is 0 Å². The van der Waals surface area contributed by atoms with Crippen LogP contribution in [0.1, 0.15) is 0 Å². The summed E-state index contributed by atoms with van der Waals surface area (Å²) < 4.78 is 15.4. The summed E-state index contributed by atoms with van der Waals surface area (Å²) in [4.78, 5) is 2.37. The fourth-order valence-corrected chi connectivity index (χ4v) is 8.06. The number of para-hydroxylation sites is 2. The van der Waals surface area contributed by atoms with E-state index >= 15 is 0 Å². The number of nitrogens with zero attached hydrogens (tertiary/aromatic N) is 1. The molecule has 0 bridgehead atoms. The number of thiophene rings is 1. The summed E-state index contributed by atoms with van der Waals surface area (Å²) in [7, 11) is 0. The summed E-state index contributed by atoms with van der Waals surface area (Å²) in [6, 6.07) is 49.3. The zero-order valence-electron chi connectivity index (χ0n) is 23.5. The largest absolute Gasteiger partial charge is 0.456 e. The summed E-state index contributed by atoms with van der Waals surface area (Å²) in [6.07, 6.45) is 0. The van der Waals surface area contributed by atoms with Crippen LogP contribution in [0.3, 0.4) is 0 Å². The molecule has 0 aliphatic heterocycles. The first-order valence-corrected chi connectivity index (χ1v) is 15.6. The van der Waals surface area contributed by atoms with E-state index in [1.54, 1.807) is 0 Å². The maximum Gasteiger partial charge on any atom is 0.144 e. The highest BCUT2D eigenvalue weighted by Gasteiger charge is 2.22. The van der Waals surface area contributed by atoms with Gasteiger partial charge in [0.2, 0.25) is 0 Å². The first-order chi connectivity index (χ1) is 21.8. The molecule has 0 spiro atoms. The Labute approximate surface area is 255 Å². The van der Waals surface area contributed by atoms with E-state index in [0.717, 1.165) is 60.9 Å². The molecule has 0 radical (unpaired) electrons. The Morgan fingerprint density at radius 3 is 2.14 bits per heavy atom. The van der Waals surface area contributed by atoms with Gasteiger partial charge in [0.25, 0.3) is 0 Å². The fourth-order valence-electron chi connectivity index (χ4n) is 6.93. The fraction of sp³-hybridized carbons (Fsp3) is 0. The van der Waals surface area contributed by atoms with Crippen LogP contribution in [-0.4, -0.2) is 0 Å². The Morgan fingerprint density at radius 1 is 0.432 bits per heavy atom. The van der Waals surface area contributed by atoms with E-state index in [1.165, 1.54) is 30.9 Å². The second kappa shape index (κ2) is 8.96. The zero-order valence-corrected chi connectivity index (χ0v) is 24.3. The van der Waals surface area contributed by atoms with Gasteiger partial charge in [0, 0.05) is 53.1 Å². The second-order valence-electron chi connectivity index (χ2n) is 11.3. The molecule has 7 aromatic carbocycles. The molecule has 4 heteroatoms. The smallest absolute Gasteiger partial charge is 0.144 e. The molecule has 0 N–H and O–H groups in total. The number of furan rings is 2. The van der Waals surface area contributed by atoms with E-state index in [0.29, 0.717) is 0 Å². The van der Waals surface area contributed by atoms with Crippen LogP contribution < -0.4 is 4.90 Å². The maximum atomic E-state index is 6.76. The van der Waals surface area contributed by atoms with Crippen molar-refractivity contribution in [3.05, 3.63) is 140 Å². The van der Waals surface area contributed by atoms with Crippen molar-refractivity contribution in [3.8, 4) is 0 Å². The van der Waals surface area contributed by atoms with Gasteiger partial charge in [-0.05, 0) is 77.5 Å². The van der Waals surface area contributed by atoms with Gasteiger partial charge in [-0.3, -0.25) is 0 Å². The van der Waals surface area contributed by atoms with Gasteiger partial charge in [0.1, 0.15) is 22.3 Å². The number of hydrogen-bond acceptors (Lipinski definition) is 4. The summed E-state index contributed by atoms with van der Waals surface area (Å²) in [5, 5.41) is 9.34. The Kier molecular flexibility index (Phi) is 4.87. The Balaban J connectivity index is 1.31. The SMILES string of the molecule is c1ccc(N(c2ccc3oc4ccccc4c3c2)c2cccc3sc4ccc5c(oc6ccc7ccccc7c65)c4c23)cc1. The summed E-state index contributed by atoms with van der Waals surface area (Å²) >= 11 is 1.82. The summed E-state index contributed by atoms with van der Waals surface area (Å²) in [5.74, 6) is 0. The molecule has 206 valence electrons. The lowest BCUT2D eigenvalue weighted by atomic mass is 10.0. The van der Waals surface area contributed by atoms with Gasteiger partial charge in [-0.1, -0.05) is 72.8 Å². The van der Waals surface area contributed by atoms with Gasteiger partial charge in [0.15, 0.2) is 0 Å². The number of rotatable bonds is 3. The van der Waals surface area contributed by atoms with E-state index in [9.17, 15) is 0 Å². The van der Waals surface area contributed by atoms with Gasteiger partial charge in [-0.25, -0.2) is 0 Å². The lowest BCUT2D eigenvalue weighted by Crippen LogP contribution is -2.10. The third kappa shape index (κ3) is 3.31. The minimum absolute atomic E-state index is 0.887. The first-order valence-electron chi connectivity index (χ1n) is 14.8. The molecule has 3 aromatic heterocycles. The van der Waals surface area contributed by atoms with E-state index in [1.807, 2.05) is 23.5 Å². The van der Waals surface area contributed by atoms with Crippen molar-refractivity contribution < 1.29 is 8.83 Å². The number of hydrogen-bond donors (Lipinski definition) is 0. The van der Waals surface area contributed by atoms with Gasteiger partial charge in [-0.15, -0.1) is 11.3 Å². The average Bonchev–Trinajstić information content (AvgIpc) is 3.76. The zero-order chi connectivity index (χ0) is 28.8. The van der Waals surface area contributed by atoms with E-state index in [2.05, 4.69) is 132 Å². The van der Waals surface area contributed by atoms with Crippen molar-refractivity contribution in [2.75, 3.05) is 4.90 Å². The standard InChI is InChI=1S/C40H23NO2S/c1-2-10-25(11-3-1)41(26-18-21-33-30(23-26)28-13-6-7-15-32(28)42-33)31-14-8-16-35-38(31)39-36(44-35)22-19-29-37-27-12-5-4-9-24(27)17-20-34(37)43-40(29)39/h1-23H. The predicted octanol–water partition coefficient (Wildman–Crippen LogP) is 12.5. The van der Waals surface area contributed by atoms with Gasteiger partial charge >= 0.3 is 0 Å². The van der Waals surface area contributed by atoms with Crippen molar-refractivity contribution in [1.82, 2.24) is 0 Å². The highest BCUT2D eigenvalue weighted by Crippen LogP contribution is 2.49. The molecule has 3 heterocycles. The van der Waals surface area contributed by atoms with Crippen LogP contribution in [-0.2, 0) is 0 Å². The van der Waals surface area contributed by atoms with Crippen LogP contribution >= 0.6 is 11.3 Å². The maximum absolute atomic E-state index is 6.76. The third-order valence-corrected chi connectivity index (χ3v) is 9.96. The highest BCUT2D eigenvalue weighted by molar-refractivity contribution is 7.26. The van der Waals surface area contributed by atoms with Crippen LogP contribution in [0.2, 0.25) is 0 Å². The first kappa shape index (κ1) is 23.9. The van der Waals surface area contributed by atoms with Crippen molar-refractivity contribution in [1.29, 1.82) is 0 Å². The minimum Gasteiger partial charge on any atom is -0.456 e. The monoisotopic (exact) mass is 581 g/mol. The molecule has 10 aromatic rings. The lowest BCUT2D eigenvalue weighted by Gasteiger charge is -2.26. The molecule has 0 saturated carbocycles. The minimum atomic E-state index is 0.887. The van der Waals surface area contributed by atoms with E-state index in [4.69, 9.17) is 8.83 Å². The molecule has 0 saturated heterocycles. The molecule has 44 heavy (non-hydrogen) atoms. The average molecular weight is 582 g/mol. The summed E-state index contributed by atoms with van der Waals surface area (Å²) in [6.45, 7) is 0. The molecule has 0 fully saturated rings. The number of benzene rings is 7. The third-order valence-electron chi connectivity index (χ3n) is 8.84. The van der Waals surface area contributed by atoms with Crippen molar-refractivity contribution in [2.45, 2.75) is 0 Å². The van der Waals surface area contributed by atoms with E-state index in [-0.39, 0.29) is 0 Å². The molecule has 0 aliphatic rings. The van der Waals surface area contributed by atoms with Crippen LogP contribution in [0.4, 0.5) is 17.1 Å². The number of anilines is 3. The molecule has 0 atom stereocenters. The van der Waals surface area contributed by atoms with Gasteiger partial charge < -0.3 is 13.7 Å². The predicted molar refractivity (Wildman–Crippen MR) is 186 cm³/mol. The van der Waals surface area contributed by atoms with Crippen molar-refractivity contribution >= 4 is 103 Å². The van der Waals surface area contributed by atoms with Crippen LogP contribution in [0.15, 0.2) is 148 Å². The molecule has 10 rings (SSSR count). The normalized spacial score (nSPS) is 12.1. The van der Waals surface area contributed by atoms with Crippen molar-refractivity contribution in [2.24, 2.45) is 0 Å². The molecule has 0 amide bonds. The van der Waals surface area contributed by atoms with E-state index < -0.39 is 0 Å². The Bertz CT molecular complexity index is 2730. The Morgan fingerprint density at radius 2 is 1.20 bits per heavy atom. The molecule has 0 unspecified atom stereocenters. The molecule has 3 nitrogen and oxygen atoms in total. The molecular weight excluding hydrogens is 559 g/mol. The lowest BCUT2D eigenvalue weighted by molar-refractivity contribution is 0.669. The van der Waals surface area contributed by atoms with Gasteiger partial charge in [0.05, 0.1) is 5.69 Å². The second-order valence-corrected chi connectivity index (χ2v) is 12.4. The van der Waals surface area contributed by atoms with Crippen LogP contribution in [0.25, 0.3) is 74.8 Å². The summed E-state index contributed by atoms with van der Waals surface area (Å²) in [5.41, 5.74) is 6.93. The molecular formula is C40H23NO2S. The number of fused-ring (bicyclic) bond motifs is 12.